The van der Waals surface area contributed by atoms with E-state index in [2.05, 4.69) is 30.9 Å². The van der Waals surface area contributed by atoms with Crippen LogP contribution in [0.3, 0.4) is 0 Å². The van der Waals surface area contributed by atoms with Gasteiger partial charge in [0.2, 0.25) is 5.88 Å². The summed E-state index contributed by atoms with van der Waals surface area (Å²) in [6.07, 6.45) is 7.80. The Labute approximate surface area is 120 Å². The molecule has 5 heteroatoms. The van der Waals surface area contributed by atoms with Crippen LogP contribution in [0.4, 0.5) is 0 Å². The first-order valence-electron chi connectivity index (χ1n) is 6.37. The number of pyridine rings is 1. The molecule has 98 valence electrons. The molecular formula is C14H14BrN3O. The molecule has 0 atom stereocenters. The van der Waals surface area contributed by atoms with Gasteiger partial charge in [0, 0.05) is 16.2 Å². The van der Waals surface area contributed by atoms with Gasteiger partial charge in [-0.25, -0.2) is 4.98 Å². The second kappa shape index (κ2) is 5.25. The minimum Gasteiger partial charge on any atom is -0.437 e. The minimum absolute atomic E-state index is 0.683. The van der Waals surface area contributed by atoms with Crippen molar-refractivity contribution in [2.75, 3.05) is 0 Å². The van der Waals surface area contributed by atoms with Crippen molar-refractivity contribution < 1.29 is 4.74 Å². The summed E-state index contributed by atoms with van der Waals surface area (Å²) in [7, 11) is 0. The van der Waals surface area contributed by atoms with Crippen LogP contribution in [0.5, 0.6) is 11.6 Å². The highest BCUT2D eigenvalue weighted by Gasteiger charge is 2.18. The molecule has 0 unspecified atom stereocenters. The van der Waals surface area contributed by atoms with Gasteiger partial charge in [0.25, 0.3) is 0 Å². The van der Waals surface area contributed by atoms with E-state index in [1.807, 2.05) is 13.0 Å². The van der Waals surface area contributed by atoms with Crippen molar-refractivity contribution in [1.29, 1.82) is 0 Å². The van der Waals surface area contributed by atoms with E-state index in [1.165, 1.54) is 12.8 Å². The Kier molecular flexibility index (Phi) is 3.46. The highest BCUT2D eigenvalue weighted by Crippen LogP contribution is 2.30. The van der Waals surface area contributed by atoms with Crippen LogP contribution in [0.1, 0.15) is 29.9 Å². The summed E-state index contributed by atoms with van der Waals surface area (Å²) in [5.74, 6) is 2.14. The normalized spacial score (nSPS) is 14.0. The average molecular weight is 320 g/mol. The predicted molar refractivity (Wildman–Crippen MR) is 75.4 cm³/mol. The third kappa shape index (κ3) is 2.76. The summed E-state index contributed by atoms with van der Waals surface area (Å²) < 4.78 is 6.79. The van der Waals surface area contributed by atoms with Gasteiger partial charge >= 0.3 is 0 Å². The third-order valence-electron chi connectivity index (χ3n) is 3.15. The summed E-state index contributed by atoms with van der Waals surface area (Å²) in [6.45, 7) is 1.90. The molecule has 3 rings (SSSR count). The number of ether oxygens (including phenoxy) is 1. The zero-order chi connectivity index (χ0) is 13.2. The highest BCUT2D eigenvalue weighted by molar-refractivity contribution is 9.10. The zero-order valence-corrected chi connectivity index (χ0v) is 12.3. The van der Waals surface area contributed by atoms with Crippen molar-refractivity contribution >= 4 is 15.9 Å². The monoisotopic (exact) mass is 319 g/mol. The quantitative estimate of drug-likeness (QED) is 0.848. The first-order valence-corrected chi connectivity index (χ1v) is 7.16. The average Bonchev–Trinajstić information content (AvgIpc) is 2.38. The van der Waals surface area contributed by atoms with Crippen molar-refractivity contribution in [3.8, 4) is 11.6 Å². The van der Waals surface area contributed by atoms with Gasteiger partial charge in [-0.15, -0.1) is 0 Å². The van der Waals surface area contributed by atoms with Crippen LogP contribution in [-0.2, 0) is 12.8 Å². The number of aryl methyl sites for hydroxylation is 2. The molecular weight excluding hydrogens is 306 g/mol. The first-order chi connectivity index (χ1) is 9.22. The lowest BCUT2D eigenvalue weighted by Gasteiger charge is -2.18. The Morgan fingerprint density at radius 1 is 1.16 bits per heavy atom. The van der Waals surface area contributed by atoms with E-state index in [-0.39, 0.29) is 0 Å². The van der Waals surface area contributed by atoms with E-state index >= 15 is 0 Å². The Hall–Kier alpha value is -1.49. The fraction of sp³-hybridized carbons (Fsp3) is 0.357. The Balaban J connectivity index is 1.98. The summed E-state index contributed by atoms with van der Waals surface area (Å²) >= 11 is 3.39. The number of fused-ring (bicyclic) bond motifs is 1. The molecule has 4 nitrogen and oxygen atoms in total. The summed E-state index contributed by atoms with van der Waals surface area (Å²) in [5.41, 5.74) is 2.29. The molecule has 2 heterocycles. The lowest BCUT2D eigenvalue weighted by Crippen LogP contribution is -2.10. The van der Waals surface area contributed by atoms with E-state index in [0.717, 1.165) is 34.4 Å². The van der Waals surface area contributed by atoms with Crippen LogP contribution in [0.15, 0.2) is 22.9 Å². The molecule has 0 spiro atoms. The Morgan fingerprint density at radius 2 is 2.00 bits per heavy atom. The SMILES string of the molecule is Cc1nc2c(c(Oc3cncc(Br)c3)n1)CCCC2. The van der Waals surface area contributed by atoms with Crippen molar-refractivity contribution in [1.82, 2.24) is 15.0 Å². The molecule has 0 aliphatic heterocycles. The molecule has 1 aliphatic carbocycles. The van der Waals surface area contributed by atoms with Crippen molar-refractivity contribution in [3.05, 3.63) is 40.0 Å². The standard InChI is InChI=1S/C14H14BrN3O/c1-9-17-13-5-3-2-4-12(13)14(18-9)19-11-6-10(15)7-16-8-11/h6-8H,2-5H2,1H3. The van der Waals surface area contributed by atoms with Crippen molar-refractivity contribution in [2.45, 2.75) is 32.6 Å². The molecule has 2 aromatic heterocycles. The zero-order valence-electron chi connectivity index (χ0n) is 10.7. The van der Waals surface area contributed by atoms with Crippen LogP contribution in [0.2, 0.25) is 0 Å². The van der Waals surface area contributed by atoms with E-state index < -0.39 is 0 Å². The number of nitrogens with zero attached hydrogens (tertiary/aromatic N) is 3. The summed E-state index contributed by atoms with van der Waals surface area (Å²) in [5, 5.41) is 0. The molecule has 0 saturated carbocycles. The fourth-order valence-electron chi connectivity index (χ4n) is 2.32. The van der Waals surface area contributed by atoms with E-state index in [9.17, 15) is 0 Å². The van der Waals surface area contributed by atoms with Gasteiger partial charge in [-0.2, -0.15) is 4.98 Å². The molecule has 0 amide bonds. The Morgan fingerprint density at radius 3 is 2.84 bits per heavy atom. The van der Waals surface area contributed by atoms with Gasteiger partial charge in [-0.3, -0.25) is 4.98 Å². The lowest BCUT2D eigenvalue weighted by molar-refractivity contribution is 0.442. The maximum Gasteiger partial charge on any atom is 0.226 e. The lowest BCUT2D eigenvalue weighted by atomic mass is 9.97. The van der Waals surface area contributed by atoms with Gasteiger partial charge in [-0.05, 0) is 54.6 Å². The molecule has 1 aliphatic rings. The van der Waals surface area contributed by atoms with Crippen LogP contribution in [0.25, 0.3) is 0 Å². The second-order valence-corrected chi connectivity index (χ2v) is 5.56. The largest absolute Gasteiger partial charge is 0.437 e. The third-order valence-corrected chi connectivity index (χ3v) is 3.58. The first kappa shape index (κ1) is 12.5. The molecule has 0 aromatic carbocycles. The molecule has 0 fully saturated rings. The van der Waals surface area contributed by atoms with Crippen LogP contribution in [0, 0.1) is 6.92 Å². The second-order valence-electron chi connectivity index (χ2n) is 4.65. The van der Waals surface area contributed by atoms with Gasteiger partial charge in [-0.1, -0.05) is 0 Å². The van der Waals surface area contributed by atoms with Crippen LogP contribution >= 0.6 is 15.9 Å². The molecule has 0 radical (unpaired) electrons. The minimum atomic E-state index is 0.683. The molecule has 0 bridgehead atoms. The molecule has 2 aromatic rings. The smallest absolute Gasteiger partial charge is 0.226 e. The van der Waals surface area contributed by atoms with E-state index in [0.29, 0.717) is 11.6 Å². The Bertz CT molecular complexity index is 616. The van der Waals surface area contributed by atoms with Crippen LogP contribution < -0.4 is 4.74 Å². The topological polar surface area (TPSA) is 47.9 Å². The number of hydrogen-bond acceptors (Lipinski definition) is 4. The van der Waals surface area contributed by atoms with Crippen molar-refractivity contribution in [3.63, 3.8) is 0 Å². The number of aromatic nitrogens is 3. The van der Waals surface area contributed by atoms with Gasteiger partial charge in [0.1, 0.15) is 11.6 Å². The van der Waals surface area contributed by atoms with Crippen LogP contribution in [-0.4, -0.2) is 15.0 Å². The highest BCUT2D eigenvalue weighted by atomic mass is 79.9. The van der Waals surface area contributed by atoms with E-state index in [1.54, 1.807) is 12.4 Å². The van der Waals surface area contributed by atoms with Crippen molar-refractivity contribution in [2.24, 2.45) is 0 Å². The maximum absolute atomic E-state index is 5.89. The van der Waals surface area contributed by atoms with Gasteiger partial charge < -0.3 is 4.74 Å². The molecule has 0 N–H and O–H groups in total. The summed E-state index contributed by atoms with van der Waals surface area (Å²) in [6, 6.07) is 1.89. The molecule has 19 heavy (non-hydrogen) atoms. The maximum atomic E-state index is 5.89. The molecule has 0 saturated heterocycles. The summed E-state index contributed by atoms with van der Waals surface area (Å²) in [4.78, 5) is 13.1. The predicted octanol–water partition coefficient (Wildman–Crippen LogP) is 3.61. The van der Waals surface area contributed by atoms with E-state index in [4.69, 9.17) is 4.74 Å². The van der Waals surface area contributed by atoms with Gasteiger partial charge in [0.15, 0.2) is 0 Å². The number of rotatable bonds is 2. The number of halogens is 1. The number of hydrogen-bond donors (Lipinski definition) is 0. The van der Waals surface area contributed by atoms with Gasteiger partial charge in [0.05, 0.1) is 11.9 Å². The fourth-order valence-corrected chi connectivity index (χ4v) is 2.67.